The molecule has 2 aromatic carbocycles. The molecule has 0 saturated heterocycles. The number of hydrogen-bond acceptors (Lipinski definition) is 6. The van der Waals surface area contributed by atoms with E-state index in [4.69, 9.17) is 10.6 Å². The molecule has 0 spiro atoms. The normalized spacial score (nSPS) is 18.1. The maximum Gasteiger partial charge on any atom is 0.251 e. The molecule has 2 N–H and O–H groups in total. The van der Waals surface area contributed by atoms with Crippen molar-refractivity contribution in [3.8, 4) is 11.4 Å². The summed E-state index contributed by atoms with van der Waals surface area (Å²) in [7, 11) is 3.41. The summed E-state index contributed by atoms with van der Waals surface area (Å²) in [4.78, 5) is 23.9. The molecular weight excluding hydrogens is 428 g/mol. The quantitative estimate of drug-likeness (QED) is 0.359. The number of nitrogens with two attached hydrogens (primary N) is 1. The lowest BCUT2D eigenvalue weighted by molar-refractivity contribution is -0.119. The molecule has 1 aliphatic heterocycles. The average Bonchev–Trinajstić information content (AvgIpc) is 3.25. The molecule has 1 atom stereocenters. The Kier molecular flexibility index (Phi) is 6.24. The number of amides is 1. The third-order valence-electron chi connectivity index (χ3n) is 6.30. The molecule has 176 valence electrons. The van der Waals surface area contributed by atoms with Crippen LogP contribution in [-0.4, -0.2) is 47.6 Å². The van der Waals surface area contributed by atoms with E-state index in [9.17, 15) is 4.79 Å². The van der Waals surface area contributed by atoms with E-state index < -0.39 is 6.04 Å². The number of hydrazone groups is 1. The van der Waals surface area contributed by atoms with E-state index in [0.717, 1.165) is 28.2 Å². The molecule has 1 amide bonds. The molecule has 0 fully saturated rings. The number of anilines is 1. The fourth-order valence-electron chi connectivity index (χ4n) is 4.42. The Morgan fingerprint density at radius 3 is 2.68 bits per heavy atom. The Hall–Kier alpha value is -3.94. The van der Waals surface area contributed by atoms with Gasteiger partial charge in [-0.25, -0.2) is 4.98 Å². The first-order valence-corrected chi connectivity index (χ1v) is 11.1. The van der Waals surface area contributed by atoms with Crippen LogP contribution in [0.15, 0.2) is 65.1 Å². The molecule has 4 rings (SSSR count). The van der Waals surface area contributed by atoms with E-state index in [1.807, 2.05) is 54.1 Å². The highest BCUT2D eigenvalue weighted by Crippen LogP contribution is 2.39. The van der Waals surface area contributed by atoms with Crippen molar-refractivity contribution in [2.45, 2.75) is 38.6 Å². The van der Waals surface area contributed by atoms with Gasteiger partial charge in [0.25, 0.3) is 5.91 Å². The van der Waals surface area contributed by atoms with Crippen molar-refractivity contribution in [1.82, 2.24) is 9.55 Å². The van der Waals surface area contributed by atoms with Gasteiger partial charge in [-0.3, -0.25) is 9.79 Å². The number of fused-ring (bicyclic) bond motifs is 1. The first-order chi connectivity index (χ1) is 16.2. The number of nitrogens with zero attached hydrogens (tertiary/aromatic N) is 5. The lowest BCUT2D eigenvalue weighted by Crippen LogP contribution is -2.35. The molecule has 0 bridgehead atoms. The highest BCUT2D eigenvalue weighted by Gasteiger charge is 2.37. The first kappa shape index (κ1) is 23.2. The Balaban J connectivity index is 1.63. The molecule has 1 unspecified atom stereocenters. The van der Waals surface area contributed by atoms with Gasteiger partial charge in [0.2, 0.25) is 0 Å². The molecule has 34 heavy (non-hydrogen) atoms. The minimum Gasteiger partial charge on any atom is -0.495 e. The maximum absolute atomic E-state index is 13.2. The standard InChI is InChI=1S/C26H30N6O2/c1-17-15-32(16-29-17)23-11-10-18(12-24(23)34-5)21(30-27)14-28-20-13-26(2,3)19-8-6-7-9-22(19)31(4)25(20)33/h6-12,14-16,20H,13,27H2,1-5H3/b28-14?,30-21+. The zero-order valence-electron chi connectivity index (χ0n) is 20.2. The Bertz CT molecular complexity index is 1270. The number of carbonyl (C=O) groups excluding carboxylic acids is 1. The lowest BCUT2D eigenvalue weighted by atomic mass is 9.79. The number of aromatic nitrogens is 2. The van der Waals surface area contributed by atoms with Crippen LogP contribution >= 0.6 is 0 Å². The van der Waals surface area contributed by atoms with Crippen molar-refractivity contribution in [3.63, 3.8) is 0 Å². The predicted octanol–water partition coefficient (Wildman–Crippen LogP) is 3.64. The van der Waals surface area contributed by atoms with Gasteiger partial charge in [-0.15, -0.1) is 0 Å². The average molecular weight is 459 g/mol. The molecule has 3 aromatic rings. The SMILES string of the molecule is COc1cc(/C(C=NC2CC(C)(C)c3ccccc3N(C)C2=O)=N/N)ccc1-n1cnc(C)c1. The number of benzene rings is 2. The summed E-state index contributed by atoms with van der Waals surface area (Å²) < 4.78 is 7.49. The predicted molar refractivity (Wildman–Crippen MR) is 135 cm³/mol. The minimum atomic E-state index is -0.556. The summed E-state index contributed by atoms with van der Waals surface area (Å²) in [5.41, 5.74) is 4.77. The second-order valence-corrected chi connectivity index (χ2v) is 9.12. The second-order valence-electron chi connectivity index (χ2n) is 9.12. The Morgan fingerprint density at radius 2 is 2.00 bits per heavy atom. The third kappa shape index (κ3) is 4.31. The summed E-state index contributed by atoms with van der Waals surface area (Å²) in [5, 5.41) is 3.94. The van der Waals surface area contributed by atoms with E-state index in [1.54, 1.807) is 31.6 Å². The lowest BCUT2D eigenvalue weighted by Gasteiger charge is -2.26. The van der Waals surface area contributed by atoms with Crippen LogP contribution in [0.4, 0.5) is 5.69 Å². The molecule has 0 aliphatic carbocycles. The number of imidazole rings is 1. The van der Waals surface area contributed by atoms with Crippen LogP contribution in [0.1, 0.15) is 37.1 Å². The topological polar surface area (TPSA) is 98.1 Å². The molecular formula is C26H30N6O2. The summed E-state index contributed by atoms with van der Waals surface area (Å²) in [5.74, 6) is 6.31. The molecule has 1 aromatic heterocycles. The van der Waals surface area contributed by atoms with Gasteiger partial charge in [0.15, 0.2) is 0 Å². The van der Waals surface area contributed by atoms with Gasteiger partial charge >= 0.3 is 0 Å². The van der Waals surface area contributed by atoms with Gasteiger partial charge in [0.1, 0.15) is 17.5 Å². The minimum absolute atomic E-state index is 0.0611. The van der Waals surface area contributed by atoms with Crippen molar-refractivity contribution in [2.75, 3.05) is 19.1 Å². The van der Waals surface area contributed by atoms with Gasteiger partial charge in [-0.2, -0.15) is 5.10 Å². The van der Waals surface area contributed by atoms with Crippen LogP contribution in [0, 0.1) is 6.92 Å². The van der Waals surface area contributed by atoms with Gasteiger partial charge in [0.05, 0.1) is 31.0 Å². The van der Waals surface area contributed by atoms with Gasteiger partial charge in [-0.1, -0.05) is 38.1 Å². The fourth-order valence-corrected chi connectivity index (χ4v) is 4.42. The zero-order valence-corrected chi connectivity index (χ0v) is 20.2. The van der Waals surface area contributed by atoms with E-state index >= 15 is 0 Å². The van der Waals surface area contributed by atoms with Crippen LogP contribution in [0.5, 0.6) is 5.75 Å². The van der Waals surface area contributed by atoms with Crippen molar-refractivity contribution < 1.29 is 9.53 Å². The number of carbonyl (C=O) groups is 1. The van der Waals surface area contributed by atoms with E-state index in [-0.39, 0.29) is 11.3 Å². The number of hydrogen-bond donors (Lipinski definition) is 1. The maximum atomic E-state index is 13.2. The summed E-state index contributed by atoms with van der Waals surface area (Å²) in [6.07, 6.45) is 5.81. The molecule has 0 radical (unpaired) electrons. The van der Waals surface area contributed by atoms with E-state index in [0.29, 0.717) is 17.9 Å². The number of ether oxygens (including phenoxy) is 1. The van der Waals surface area contributed by atoms with Crippen molar-refractivity contribution in [3.05, 3.63) is 71.8 Å². The molecule has 2 heterocycles. The zero-order chi connectivity index (χ0) is 24.5. The highest BCUT2D eigenvalue weighted by molar-refractivity contribution is 6.38. The Labute approximate surface area is 199 Å². The van der Waals surface area contributed by atoms with Crippen molar-refractivity contribution in [1.29, 1.82) is 0 Å². The summed E-state index contributed by atoms with van der Waals surface area (Å²) in [6.45, 7) is 6.21. The second kappa shape index (κ2) is 9.13. The Morgan fingerprint density at radius 1 is 1.24 bits per heavy atom. The van der Waals surface area contributed by atoms with Crippen LogP contribution in [0.3, 0.4) is 0 Å². The van der Waals surface area contributed by atoms with Crippen LogP contribution < -0.4 is 15.5 Å². The molecule has 8 heteroatoms. The van der Waals surface area contributed by atoms with Crippen molar-refractivity contribution in [2.24, 2.45) is 15.9 Å². The smallest absolute Gasteiger partial charge is 0.251 e. The van der Waals surface area contributed by atoms with Crippen LogP contribution in [0.2, 0.25) is 0 Å². The monoisotopic (exact) mass is 458 g/mol. The van der Waals surface area contributed by atoms with E-state index in [2.05, 4.69) is 35.0 Å². The number of rotatable bonds is 5. The van der Waals surface area contributed by atoms with Crippen molar-refractivity contribution >= 4 is 23.5 Å². The van der Waals surface area contributed by atoms with Crippen LogP contribution in [-0.2, 0) is 10.2 Å². The number of aliphatic imine (C=N–C) groups is 1. The third-order valence-corrected chi connectivity index (χ3v) is 6.30. The fraction of sp³-hybridized carbons (Fsp3) is 0.308. The molecule has 8 nitrogen and oxygen atoms in total. The van der Waals surface area contributed by atoms with E-state index in [1.165, 1.54) is 0 Å². The van der Waals surface area contributed by atoms with Gasteiger partial charge < -0.3 is 20.0 Å². The number of para-hydroxylation sites is 1. The largest absolute Gasteiger partial charge is 0.495 e. The molecule has 1 aliphatic rings. The van der Waals surface area contributed by atoms with Gasteiger partial charge in [-0.05, 0) is 42.5 Å². The van der Waals surface area contributed by atoms with Gasteiger partial charge in [0, 0.05) is 24.5 Å². The highest BCUT2D eigenvalue weighted by atomic mass is 16.5. The number of aryl methyl sites for hydroxylation is 1. The summed E-state index contributed by atoms with van der Waals surface area (Å²) >= 11 is 0. The number of methoxy groups -OCH3 is 1. The first-order valence-electron chi connectivity index (χ1n) is 11.1. The summed E-state index contributed by atoms with van der Waals surface area (Å²) in [6, 6.07) is 13.1. The van der Waals surface area contributed by atoms with Crippen LogP contribution in [0.25, 0.3) is 5.69 Å². The molecule has 0 saturated carbocycles. The number of likely N-dealkylation sites (N-methyl/N-ethyl adjacent to an activating group) is 1.